The molecule has 0 aliphatic heterocycles. The van der Waals surface area contributed by atoms with Crippen LogP contribution in [-0.4, -0.2) is 45.5 Å². The number of hydrogen-bond acceptors (Lipinski definition) is 5. The smallest absolute Gasteiger partial charge is 0.0888 e. The van der Waals surface area contributed by atoms with Crippen molar-refractivity contribution in [3.8, 4) is 0 Å². The van der Waals surface area contributed by atoms with Crippen LogP contribution in [0.2, 0.25) is 0 Å². The molecule has 1 aliphatic carbocycles. The van der Waals surface area contributed by atoms with Crippen LogP contribution in [0.15, 0.2) is 0 Å². The van der Waals surface area contributed by atoms with Crippen molar-refractivity contribution in [2.45, 2.75) is 37.1 Å². The van der Waals surface area contributed by atoms with Crippen molar-refractivity contribution in [3.63, 3.8) is 0 Å². The maximum absolute atomic E-state index is 5.44. The van der Waals surface area contributed by atoms with E-state index in [4.69, 9.17) is 8.92 Å². The molecule has 0 radical (unpaired) electrons. The highest BCUT2D eigenvalue weighted by atomic mass is 32.1. The minimum absolute atomic E-state index is 0.146. The summed E-state index contributed by atoms with van der Waals surface area (Å²) in [6.07, 6.45) is 2.26. The molecular weight excluding hydrogens is 200 g/mol. The molecule has 0 spiro atoms. The third-order valence-corrected chi connectivity index (χ3v) is 3.32. The summed E-state index contributed by atoms with van der Waals surface area (Å²) in [6.45, 7) is 0. The van der Waals surface area contributed by atoms with Gasteiger partial charge in [0.05, 0.1) is 12.2 Å². The third kappa shape index (κ3) is 2.61. The highest BCUT2D eigenvalue weighted by molar-refractivity contribution is 7.75. The van der Waals surface area contributed by atoms with E-state index in [1.807, 2.05) is 14.1 Å². The lowest BCUT2D eigenvalue weighted by molar-refractivity contribution is -0.00316. The summed E-state index contributed by atoms with van der Waals surface area (Å²) in [5.74, 6) is 0. The Labute approximate surface area is 91.3 Å². The monoisotopic (exact) mass is 220 g/mol. The first kappa shape index (κ1) is 12.3. The molecule has 0 aromatic carbocycles. The second kappa shape index (κ2) is 5.92. The molecule has 5 heteroatoms. The molecule has 0 amide bonds. The van der Waals surface area contributed by atoms with Gasteiger partial charge in [-0.05, 0) is 39.8 Å². The van der Waals surface area contributed by atoms with Gasteiger partial charge in [-0.3, -0.25) is 0 Å². The van der Waals surface area contributed by atoms with Crippen molar-refractivity contribution in [2.24, 2.45) is 0 Å². The molecule has 1 fully saturated rings. The zero-order valence-corrected chi connectivity index (χ0v) is 9.88. The van der Waals surface area contributed by atoms with Gasteiger partial charge in [-0.25, -0.2) is 0 Å². The molecule has 1 saturated carbocycles. The van der Waals surface area contributed by atoms with Crippen LogP contribution in [0.5, 0.6) is 0 Å². The van der Waals surface area contributed by atoms with Crippen LogP contribution in [0.4, 0.5) is 0 Å². The Balaban J connectivity index is 2.59. The van der Waals surface area contributed by atoms with Gasteiger partial charge >= 0.3 is 0 Å². The molecule has 0 aromatic heterocycles. The van der Waals surface area contributed by atoms with Gasteiger partial charge in [0.2, 0.25) is 0 Å². The summed E-state index contributed by atoms with van der Waals surface area (Å²) >= 11 is 3.91. The van der Waals surface area contributed by atoms with Crippen LogP contribution in [0.25, 0.3) is 0 Å². The van der Waals surface area contributed by atoms with Gasteiger partial charge in [0.25, 0.3) is 0 Å². The first-order chi connectivity index (χ1) is 6.76. The van der Waals surface area contributed by atoms with E-state index in [9.17, 15) is 0 Å². The summed E-state index contributed by atoms with van der Waals surface area (Å²) in [4.78, 5) is 0. The number of nitrogens with one attached hydrogen (secondary N) is 2. The fourth-order valence-electron chi connectivity index (χ4n) is 2.12. The minimum atomic E-state index is 0.146. The lowest BCUT2D eigenvalue weighted by Crippen LogP contribution is -2.54. The molecule has 84 valence electrons. The fourth-order valence-corrected chi connectivity index (χ4v) is 2.35. The van der Waals surface area contributed by atoms with E-state index in [0.29, 0.717) is 12.1 Å². The normalized spacial score (nSPS) is 38.6. The molecule has 1 rings (SSSR count). The van der Waals surface area contributed by atoms with Crippen molar-refractivity contribution in [1.82, 2.24) is 10.6 Å². The number of thiol groups is 1. The lowest BCUT2D eigenvalue weighted by Gasteiger charge is -2.39. The molecule has 2 N–H and O–H groups in total. The average molecular weight is 220 g/mol. The Kier molecular flexibility index (Phi) is 5.19. The Bertz CT molecular complexity index is 137. The van der Waals surface area contributed by atoms with Crippen LogP contribution in [0.3, 0.4) is 0 Å². The van der Waals surface area contributed by atoms with Gasteiger partial charge < -0.3 is 19.6 Å². The molecule has 1 aliphatic rings. The zero-order valence-electron chi connectivity index (χ0n) is 8.99. The van der Waals surface area contributed by atoms with E-state index in [1.54, 1.807) is 7.11 Å². The fraction of sp³-hybridized carbons (Fsp3) is 1.00. The van der Waals surface area contributed by atoms with Crippen LogP contribution in [-0.2, 0) is 8.92 Å². The quantitative estimate of drug-likeness (QED) is 0.468. The summed E-state index contributed by atoms with van der Waals surface area (Å²) in [5, 5.41) is 6.48. The summed E-state index contributed by atoms with van der Waals surface area (Å²) < 4.78 is 10.6. The first-order valence-electron chi connectivity index (χ1n) is 4.94. The average Bonchev–Trinajstić information content (AvgIpc) is 2.26. The maximum atomic E-state index is 5.44. The predicted molar refractivity (Wildman–Crippen MR) is 59.6 cm³/mol. The molecule has 4 unspecified atom stereocenters. The maximum Gasteiger partial charge on any atom is 0.0888 e. The number of likely N-dealkylation sites (N-methyl/N-ethyl adjacent to an activating group) is 2. The van der Waals surface area contributed by atoms with Crippen LogP contribution in [0, 0.1) is 0 Å². The summed E-state index contributed by atoms with van der Waals surface area (Å²) in [7, 11) is 5.65. The lowest BCUT2D eigenvalue weighted by atomic mass is 9.86. The van der Waals surface area contributed by atoms with Crippen molar-refractivity contribution in [3.05, 3.63) is 0 Å². The van der Waals surface area contributed by atoms with E-state index in [0.717, 1.165) is 12.8 Å². The van der Waals surface area contributed by atoms with Crippen LogP contribution < -0.4 is 10.6 Å². The van der Waals surface area contributed by atoms with E-state index in [-0.39, 0.29) is 12.2 Å². The van der Waals surface area contributed by atoms with Crippen molar-refractivity contribution >= 4 is 12.9 Å². The molecule has 0 heterocycles. The van der Waals surface area contributed by atoms with Gasteiger partial charge in [-0.15, -0.1) is 0 Å². The largest absolute Gasteiger partial charge is 0.380 e. The Morgan fingerprint density at radius 1 is 1.07 bits per heavy atom. The van der Waals surface area contributed by atoms with Gasteiger partial charge in [0.15, 0.2) is 0 Å². The second-order valence-corrected chi connectivity index (χ2v) is 3.89. The minimum Gasteiger partial charge on any atom is -0.380 e. The zero-order chi connectivity index (χ0) is 10.6. The number of methoxy groups -OCH3 is 1. The van der Waals surface area contributed by atoms with Gasteiger partial charge in [-0.2, -0.15) is 0 Å². The van der Waals surface area contributed by atoms with E-state index < -0.39 is 0 Å². The molecular formula is C9H20N2O2S. The Hall–Kier alpha value is 0.190. The van der Waals surface area contributed by atoms with Crippen molar-refractivity contribution in [1.29, 1.82) is 0 Å². The molecule has 0 aromatic rings. The Morgan fingerprint density at radius 3 is 2.00 bits per heavy atom. The van der Waals surface area contributed by atoms with Gasteiger partial charge in [0, 0.05) is 19.2 Å². The highest BCUT2D eigenvalue weighted by Gasteiger charge is 2.36. The highest BCUT2D eigenvalue weighted by Crippen LogP contribution is 2.24. The Morgan fingerprint density at radius 2 is 1.57 bits per heavy atom. The number of rotatable bonds is 4. The number of hydrogen-bond donors (Lipinski definition) is 3. The third-order valence-electron chi connectivity index (χ3n) is 3.05. The summed E-state index contributed by atoms with van der Waals surface area (Å²) in [6, 6.07) is 0.670. The molecule has 0 saturated heterocycles. The molecule has 4 nitrogen and oxygen atoms in total. The van der Waals surface area contributed by atoms with Gasteiger partial charge in [-0.1, -0.05) is 0 Å². The number of ether oxygens (including phenoxy) is 1. The van der Waals surface area contributed by atoms with E-state index in [1.165, 1.54) is 0 Å². The molecule has 14 heavy (non-hydrogen) atoms. The van der Waals surface area contributed by atoms with E-state index >= 15 is 0 Å². The standard InChI is InChI=1S/C9H20N2O2S/c1-10-6-5-9(13-14)7(11-2)4-8(6)12-3/h6-11,14H,4-5H2,1-3H3. The first-order valence-corrected chi connectivity index (χ1v) is 5.30. The van der Waals surface area contributed by atoms with Crippen molar-refractivity contribution < 1.29 is 8.92 Å². The van der Waals surface area contributed by atoms with Crippen LogP contribution >= 0.6 is 12.9 Å². The van der Waals surface area contributed by atoms with E-state index in [2.05, 4.69) is 23.5 Å². The molecule has 0 bridgehead atoms. The SMILES string of the molecule is CNC1CC(OS)C(NC)CC1OC. The van der Waals surface area contributed by atoms with Crippen molar-refractivity contribution in [2.75, 3.05) is 21.2 Å². The molecule has 4 atom stereocenters. The predicted octanol–water partition coefficient (Wildman–Crippen LogP) is 0.201. The summed E-state index contributed by atoms with van der Waals surface area (Å²) in [5.41, 5.74) is 0. The van der Waals surface area contributed by atoms with Gasteiger partial charge in [0.1, 0.15) is 0 Å². The second-order valence-electron chi connectivity index (χ2n) is 3.68. The topological polar surface area (TPSA) is 42.5 Å². The van der Waals surface area contributed by atoms with Crippen LogP contribution in [0.1, 0.15) is 12.8 Å².